The van der Waals surface area contributed by atoms with Gasteiger partial charge >= 0.3 is 6.09 Å². The van der Waals surface area contributed by atoms with Crippen LogP contribution in [0.4, 0.5) is 10.6 Å². The molecule has 0 spiro atoms. The number of rotatable bonds is 2. The standard InChI is InChI=1S/C18H27N3O3/c1-12-8-9-14(19-11-12)20-16(22)15-13(2)7-6-10-21(15)17(23)24-18(3,4)5/h8-9,11,13,15H,6-7,10H2,1-5H3,(H,19,20,22)/t13-,15?/m0/s1. The Morgan fingerprint density at radius 2 is 2.04 bits per heavy atom. The highest BCUT2D eigenvalue weighted by molar-refractivity contribution is 5.96. The minimum Gasteiger partial charge on any atom is -0.444 e. The summed E-state index contributed by atoms with van der Waals surface area (Å²) in [7, 11) is 0. The fraction of sp³-hybridized carbons (Fsp3) is 0.611. The molecule has 6 heteroatoms. The molecule has 1 unspecified atom stereocenters. The van der Waals surface area contributed by atoms with Crippen LogP contribution in [0.3, 0.4) is 0 Å². The second-order valence-electron chi connectivity index (χ2n) is 7.45. The van der Waals surface area contributed by atoms with Crippen LogP contribution in [0.25, 0.3) is 0 Å². The maximum Gasteiger partial charge on any atom is 0.410 e. The molecule has 1 saturated heterocycles. The third-order valence-electron chi connectivity index (χ3n) is 3.99. The Kier molecular flexibility index (Phi) is 5.47. The number of anilines is 1. The average Bonchev–Trinajstić information content (AvgIpc) is 2.47. The number of carbonyl (C=O) groups excluding carboxylic acids is 2. The van der Waals surface area contributed by atoms with Gasteiger partial charge in [0.2, 0.25) is 5.91 Å². The van der Waals surface area contributed by atoms with Crippen molar-refractivity contribution in [3.05, 3.63) is 23.9 Å². The summed E-state index contributed by atoms with van der Waals surface area (Å²) in [5, 5.41) is 2.82. The molecule has 0 aromatic carbocycles. The van der Waals surface area contributed by atoms with Gasteiger partial charge in [0, 0.05) is 12.7 Å². The van der Waals surface area contributed by atoms with E-state index in [0.29, 0.717) is 12.4 Å². The molecule has 0 saturated carbocycles. The second kappa shape index (κ2) is 7.20. The van der Waals surface area contributed by atoms with Crippen molar-refractivity contribution in [3.63, 3.8) is 0 Å². The number of carbonyl (C=O) groups is 2. The van der Waals surface area contributed by atoms with Gasteiger partial charge in [0.1, 0.15) is 17.5 Å². The number of hydrogen-bond acceptors (Lipinski definition) is 4. The van der Waals surface area contributed by atoms with Gasteiger partial charge in [0.05, 0.1) is 0 Å². The highest BCUT2D eigenvalue weighted by Gasteiger charge is 2.39. The highest BCUT2D eigenvalue weighted by atomic mass is 16.6. The van der Waals surface area contributed by atoms with E-state index in [1.54, 1.807) is 17.2 Å². The molecular weight excluding hydrogens is 306 g/mol. The van der Waals surface area contributed by atoms with Crippen molar-refractivity contribution in [2.75, 3.05) is 11.9 Å². The molecule has 1 N–H and O–H groups in total. The molecule has 1 fully saturated rings. The van der Waals surface area contributed by atoms with E-state index >= 15 is 0 Å². The number of nitrogens with one attached hydrogen (secondary N) is 1. The first-order chi connectivity index (χ1) is 11.2. The van der Waals surface area contributed by atoms with Crippen LogP contribution < -0.4 is 5.32 Å². The number of amides is 2. The molecule has 132 valence electrons. The molecular formula is C18H27N3O3. The highest BCUT2D eigenvalue weighted by Crippen LogP contribution is 2.26. The summed E-state index contributed by atoms with van der Waals surface area (Å²) < 4.78 is 5.46. The summed E-state index contributed by atoms with van der Waals surface area (Å²) >= 11 is 0. The van der Waals surface area contributed by atoms with Gasteiger partial charge in [-0.25, -0.2) is 9.78 Å². The molecule has 0 aliphatic carbocycles. The quantitative estimate of drug-likeness (QED) is 0.901. The number of piperidine rings is 1. The Morgan fingerprint density at radius 3 is 2.62 bits per heavy atom. The van der Waals surface area contributed by atoms with Crippen LogP contribution in [0, 0.1) is 12.8 Å². The van der Waals surface area contributed by atoms with E-state index in [-0.39, 0.29) is 11.8 Å². The largest absolute Gasteiger partial charge is 0.444 e. The number of aromatic nitrogens is 1. The van der Waals surface area contributed by atoms with Crippen molar-refractivity contribution in [1.29, 1.82) is 0 Å². The molecule has 1 aromatic heterocycles. The van der Waals surface area contributed by atoms with Gasteiger partial charge in [0.15, 0.2) is 0 Å². The summed E-state index contributed by atoms with van der Waals surface area (Å²) in [6, 6.07) is 3.11. The van der Waals surface area contributed by atoms with E-state index in [1.807, 2.05) is 40.7 Å². The Hall–Kier alpha value is -2.11. The molecule has 6 nitrogen and oxygen atoms in total. The van der Waals surface area contributed by atoms with Gasteiger partial charge in [-0.2, -0.15) is 0 Å². The molecule has 1 aromatic rings. The maximum atomic E-state index is 12.7. The van der Waals surface area contributed by atoms with E-state index in [2.05, 4.69) is 10.3 Å². The number of pyridine rings is 1. The minimum absolute atomic E-state index is 0.0664. The first-order valence-electron chi connectivity index (χ1n) is 8.40. The van der Waals surface area contributed by atoms with Crippen molar-refractivity contribution in [2.45, 2.75) is 59.1 Å². The first kappa shape index (κ1) is 18.2. The van der Waals surface area contributed by atoms with Gasteiger partial charge in [-0.15, -0.1) is 0 Å². The molecule has 2 amide bonds. The van der Waals surface area contributed by atoms with Crippen molar-refractivity contribution < 1.29 is 14.3 Å². The van der Waals surface area contributed by atoms with E-state index in [4.69, 9.17) is 4.74 Å². The van der Waals surface area contributed by atoms with Gasteiger partial charge in [0.25, 0.3) is 0 Å². The number of nitrogens with zero attached hydrogens (tertiary/aromatic N) is 2. The molecule has 2 rings (SSSR count). The van der Waals surface area contributed by atoms with Crippen LogP contribution in [0.2, 0.25) is 0 Å². The Bertz CT molecular complexity index is 593. The molecule has 0 radical (unpaired) electrons. The topological polar surface area (TPSA) is 71.5 Å². The fourth-order valence-electron chi connectivity index (χ4n) is 2.86. The molecule has 1 aliphatic heterocycles. The van der Waals surface area contributed by atoms with Gasteiger partial charge in [-0.1, -0.05) is 13.0 Å². The summed E-state index contributed by atoms with van der Waals surface area (Å²) in [6.45, 7) is 9.92. The third kappa shape index (κ3) is 4.69. The first-order valence-corrected chi connectivity index (χ1v) is 8.40. The number of likely N-dealkylation sites (tertiary alicyclic amines) is 1. The van der Waals surface area contributed by atoms with E-state index in [9.17, 15) is 9.59 Å². The summed E-state index contributed by atoms with van der Waals surface area (Å²) in [5.74, 6) is 0.341. The SMILES string of the molecule is Cc1ccc(NC(=O)C2[C@@H](C)CCCN2C(=O)OC(C)(C)C)nc1. The summed E-state index contributed by atoms with van der Waals surface area (Å²) in [4.78, 5) is 31.0. The Balaban J connectivity index is 2.14. The molecule has 24 heavy (non-hydrogen) atoms. The molecule has 0 bridgehead atoms. The summed E-state index contributed by atoms with van der Waals surface area (Å²) in [5.41, 5.74) is 0.437. The lowest BCUT2D eigenvalue weighted by Gasteiger charge is -2.39. The number of hydrogen-bond donors (Lipinski definition) is 1. The predicted octanol–water partition coefficient (Wildman–Crippen LogP) is 3.36. The zero-order valence-electron chi connectivity index (χ0n) is 15.1. The summed E-state index contributed by atoms with van der Waals surface area (Å²) in [6.07, 6.45) is 3.03. The van der Waals surface area contributed by atoms with Crippen LogP contribution in [-0.2, 0) is 9.53 Å². The smallest absolute Gasteiger partial charge is 0.410 e. The van der Waals surface area contributed by atoms with Crippen molar-refractivity contribution in [3.8, 4) is 0 Å². The molecule has 2 heterocycles. The molecule has 1 aliphatic rings. The third-order valence-corrected chi connectivity index (χ3v) is 3.99. The Morgan fingerprint density at radius 1 is 1.33 bits per heavy atom. The lowest BCUT2D eigenvalue weighted by molar-refractivity contribution is -0.124. The number of aryl methyl sites for hydroxylation is 1. The van der Waals surface area contributed by atoms with Crippen LogP contribution >= 0.6 is 0 Å². The average molecular weight is 333 g/mol. The maximum absolute atomic E-state index is 12.7. The lowest BCUT2D eigenvalue weighted by atomic mass is 9.90. The Labute approximate surface area is 143 Å². The normalized spacial score (nSPS) is 21.3. The molecule has 2 atom stereocenters. The zero-order valence-corrected chi connectivity index (χ0v) is 15.1. The van der Waals surface area contributed by atoms with E-state index in [1.165, 1.54) is 0 Å². The second-order valence-corrected chi connectivity index (χ2v) is 7.45. The van der Waals surface area contributed by atoms with Gasteiger partial charge in [-0.3, -0.25) is 9.69 Å². The van der Waals surface area contributed by atoms with E-state index < -0.39 is 17.7 Å². The van der Waals surface area contributed by atoms with Crippen molar-refractivity contribution in [1.82, 2.24) is 9.88 Å². The fourth-order valence-corrected chi connectivity index (χ4v) is 2.86. The number of ether oxygens (including phenoxy) is 1. The zero-order chi connectivity index (χ0) is 17.9. The van der Waals surface area contributed by atoms with Crippen molar-refractivity contribution >= 4 is 17.8 Å². The van der Waals surface area contributed by atoms with Crippen molar-refractivity contribution in [2.24, 2.45) is 5.92 Å². The van der Waals surface area contributed by atoms with Gasteiger partial charge < -0.3 is 10.1 Å². The van der Waals surface area contributed by atoms with Crippen LogP contribution in [-0.4, -0.2) is 40.1 Å². The minimum atomic E-state index is -0.586. The van der Waals surface area contributed by atoms with Crippen LogP contribution in [0.1, 0.15) is 46.1 Å². The lowest BCUT2D eigenvalue weighted by Crippen LogP contribution is -2.54. The van der Waals surface area contributed by atoms with Crippen LogP contribution in [0.15, 0.2) is 18.3 Å². The van der Waals surface area contributed by atoms with E-state index in [0.717, 1.165) is 18.4 Å². The monoisotopic (exact) mass is 333 g/mol. The predicted molar refractivity (Wildman–Crippen MR) is 92.7 cm³/mol. The van der Waals surface area contributed by atoms with Crippen LogP contribution in [0.5, 0.6) is 0 Å². The van der Waals surface area contributed by atoms with Gasteiger partial charge in [-0.05, 0) is 58.1 Å².